The summed E-state index contributed by atoms with van der Waals surface area (Å²) in [4.78, 5) is 0. The minimum absolute atomic E-state index is 0.553. The Bertz CT molecular complexity index is 464. The van der Waals surface area contributed by atoms with Gasteiger partial charge in [0.05, 0.1) is 7.11 Å². The highest BCUT2D eigenvalue weighted by Crippen LogP contribution is 2.49. The summed E-state index contributed by atoms with van der Waals surface area (Å²) in [6, 6.07) is 9.22. The fourth-order valence-corrected chi connectivity index (χ4v) is 3.32. The lowest BCUT2D eigenvalue weighted by Gasteiger charge is -2.37. The van der Waals surface area contributed by atoms with E-state index < -0.39 is 0 Å². The van der Waals surface area contributed by atoms with Crippen LogP contribution in [0.2, 0.25) is 0 Å². The fourth-order valence-electron chi connectivity index (χ4n) is 3.32. The molecule has 0 heterocycles. The molecule has 2 aliphatic rings. The molecule has 116 valence electrons. The van der Waals surface area contributed by atoms with Crippen LogP contribution in [0.4, 0.5) is 0 Å². The van der Waals surface area contributed by atoms with E-state index in [0.29, 0.717) is 17.4 Å². The van der Waals surface area contributed by atoms with E-state index in [2.05, 4.69) is 23.5 Å². The molecule has 0 amide bonds. The van der Waals surface area contributed by atoms with Crippen molar-refractivity contribution in [2.45, 2.75) is 44.1 Å². The van der Waals surface area contributed by atoms with Crippen molar-refractivity contribution in [3.63, 3.8) is 0 Å². The fraction of sp³-hybridized carbons (Fsp3) is 0.667. The van der Waals surface area contributed by atoms with Crippen LogP contribution in [0.25, 0.3) is 0 Å². The van der Waals surface area contributed by atoms with Crippen molar-refractivity contribution in [3.05, 3.63) is 29.8 Å². The first kappa shape index (κ1) is 14.9. The third kappa shape index (κ3) is 3.58. The first-order chi connectivity index (χ1) is 10.2. The monoisotopic (exact) mass is 289 g/mol. The van der Waals surface area contributed by atoms with E-state index in [1.165, 1.54) is 44.2 Å². The molecule has 0 unspecified atom stereocenters. The molecule has 1 aromatic carbocycles. The van der Waals surface area contributed by atoms with Gasteiger partial charge in [0.1, 0.15) is 5.75 Å². The number of benzene rings is 1. The van der Waals surface area contributed by atoms with Crippen molar-refractivity contribution in [2.24, 2.45) is 5.41 Å². The molecule has 0 spiro atoms. The van der Waals surface area contributed by atoms with E-state index in [0.717, 1.165) is 12.4 Å². The third-order valence-corrected chi connectivity index (χ3v) is 5.26. The standard InChI is InChI=1S/C18H27NO2/c1-20-9-8-18(6-7-18)13-19-16-10-15(11-16)14-4-3-5-17(12-14)21-2/h3-5,12,15-16,19H,6-11,13H2,1-2H3. The number of hydrogen-bond donors (Lipinski definition) is 1. The number of ether oxygens (including phenoxy) is 2. The van der Waals surface area contributed by atoms with Gasteiger partial charge in [0.25, 0.3) is 0 Å². The summed E-state index contributed by atoms with van der Waals surface area (Å²) in [6.45, 7) is 2.07. The molecule has 0 radical (unpaired) electrons. The Labute approximate surface area is 128 Å². The average molecular weight is 289 g/mol. The van der Waals surface area contributed by atoms with Gasteiger partial charge in [-0.15, -0.1) is 0 Å². The molecule has 0 aromatic heterocycles. The Hall–Kier alpha value is -1.06. The minimum Gasteiger partial charge on any atom is -0.497 e. The maximum absolute atomic E-state index is 5.31. The second kappa shape index (κ2) is 6.37. The normalized spacial score (nSPS) is 26.2. The quantitative estimate of drug-likeness (QED) is 0.796. The Morgan fingerprint density at radius 2 is 2.05 bits per heavy atom. The zero-order valence-corrected chi connectivity index (χ0v) is 13.2. The van der Waals surface area contributed by atoms with Crippen LogP contribution in [0.1, 0.15) is 43.6 Å². The van der Waals surface area contributed by atoms with E-state index in [1.807, 2.05) is 6.07 Å². The zero-order valence-electron chi connectivity index (χ0n) is 13.2. The van der Waals surface area contributed by atoms with Gasteiger partial charge in [-0.2, -0.15) is 0 Å². The Kier molecular flexibility index (Phi) is 4.51. The lowest BCUT2D eigenvalue weighted by atomic mass is 9.75. The van der Waals surface area contributed by atoms with Gasteiger partial charge >= 0.3 is 0 Å². The zero-order chi connectivity index (χ0) is 14.7. The molecule has 2 saturated carbocycles. The molecule has 2 fully saturated rings. The van der Waals surface area contributed by atoms with Crippen molar-refractivity contribution in [2.75, 3.05) is 27.4 Å². The highest BCUT2D eigenvalue weighted by Gasteiger charge is 2.43. The van der Waals surface area contributed by atoms with Crippen LogP contribution in [-0.2, 0) is 4.74 Å². The number of methoxy groups -OCH3 is 2. The van der Waals surface area contributed by atoms with E-state index in [4.69, 9.17) is 9.47 Å². The second-order valence-corrected chi connectivity index (χ2v) is 6.77. The van der Waals surface area contributed by atoms with Gasteiger partial charge in [0.2, 0.25) is 0 Å². The summed E-state index contributed by atoms with van der Waals surface area (Å²) < 4.78 is 10.5. The van der Waals surface area contributed by atoms with Gasteiger partial charge in [0.15, 0.2) is 0 Å². The van der Waals surface area contributed by atoms with Crippen LogP contribution in [0.5, 0.6) is 5.75 Å². The molecule has 0 saturated heterocycles. The molecule has 1 aromatic rings. The first-order valence-corrected chi connectivity index (χ1v) is 8.11. The largest absolute Gasteiger partial charge is 0.497 e. The Morgan fingerprint density at radius 3 is 2.71 bits per heavy atom. The minimum atomic E-state index is 0.553. The van der Waals surface area contributed by atoms with Crippen LogP contribution < -0.4 is 10.1 Å². The number of nitrogens with one attached hydrogen (secondary N) is 1. The molecule has 1 N–H and O–H groups in total. The van der Waals surface area contributed by atoms with Crippen molar-refractivity contribution in [1.29, 1.82) is 0 Å². The van der Waals surface area contributed by atoms with Gasteiger partial charge in [-0.1, -0.05) is 12.1 Å². The smallest absolute Gasteiger partial charge is 0.119 e. The molecule has 3 heteroatoms. The number of rotatable bonds is 8. The van der Waals surface area contributed by atoms with Crippen LogP contribution in [0, 0.1) is 5.41 Å². The second-order valence-electron chi connectivity index (χ2n) is 6.77. The van der Waals surface area contributed by atoms with E-state index >= 15 is 0 Å². The molecule has 0 atom stereocenters. The molecular weight excluding hydrogens is 262 g/mol. The highest BCUT2D eigenvalue weighted by molar-refractivity contribution is 5.32. The summed E-state index contributed by atoms with van der Waals surface area (Å²) in [5.41, 5.74) is 1.98. The SMILES string of the molecule is COCCC1(CNC2CC(c3cccc(OC)c3)C2)CC1. The molecule has 0 aliphatic heterocycles. The lowest BCUT2D eigenvalue weighted by molar-refractivity contribution is 0.166. The number of hydrogen-bond acceptors (Lipinski definition) is 3. The average Bonchev–Trinajstić information content (AvgIpc) is 3.24. The summed E-state index contributed by atoms with van der Waals surface area (Å²) in [5.74, 6) is 1.67. The summed E-state index contributed by atoms with van der Waals surface area (Å²) in [7, 11) is 3.54. The Morgan fingerprint density at radius 1 is 1.24 bits per heavy atom. The summed E-state index contributed by atoms with van der Waals surface area (Å²) in [6.07, 6.45) is 6.47. The molecule has 3 rings (SSSR count). The molecular formula is C18H27NO2. The third-order valence-electron chi connectivity index (χ3n) is 5.26. The molecule has 21 heavy (non-hydrogen) atoms. The lowest BCUT2D eigenvalue weighted by Crippen LogP contribution is -2.42. The maximum atomic E-state index is 5.31. The van der Waals surface area contributed by atoms with Crippen LogP contribution >= 0.6 is 0 Å². The van der Waals surface area contributed by atoms with Crippen molar-refractivity contribution in [1.82, 2.24) is 5.32 Å². The van der Waals surface area contributed by atoms with E-state index in [-0.39, 0.29) is 0 Å². The highest BCUT2D eigenvalue weighted by atomic mass is 16.5. The van der Waals surface area contributed by atoms with Crippen LogP contribution in [0.15, 0.2) is 24.3 Å². The predicted molar refractivity (Wildman–Crippen MR) is 84.9 cm³/mol. The van der Waals surface area contributed by atoms with Gasteiger partial charge in [-0.3, -0.25) is 0 Å². The van der Waals surface area contributed by atoms with Crippen molar-refractivity contribution in [3.8, 4) is 5.75 Å². The van der Waals surface area contributed by atoms with E-state index in [9.17, 15) is 0 Å². The van der Waals surface area contributed by atoms with Crippen LogP contribution in [-0.4, -0.2) is 33.4 Å². The van der Waals surface area contributed by atoms with Gasteiger partial charge in [-0.05, 0) is 61.1 Å². The summed E-state index contributed by atoms with van der Waals surface area (Å²) >= 11 is 0. The van der Waals surface area contributed by atoms with Crippen molar-refractivity contribution >= 4 is 0 Å². The predicted octanol–water partition coefficient (Wildman–Crippen LogP) is 3.35. The maximum Gasteiger partial charge on any atom is 0.119 e. The van der Waals surface area contributed by atoms with Gasteiger partial charge in [0, 0.05) is 26.3 Å². The van der Waals surface area contributed by atoms with Gasteiger partial charge in [-0.25, -0.2) is 0 Å². The molecule has 0 bridgehead atoms. The molecule has 2 aliphatic carbocycles. The van der Waals surface area contributed by atoms with E-state index in [1.54, 1.807) is 14.2 Å². The van der Waals surface area contributed by atoms with Crippen LogP contribution in [0.3, 0.4) is 0 Å². The first-order valence-electron chi connectivity index (χ1n) is 8.11. The van der Waals surface area contributed by atoms with Gasteiger partial charge < -0.3 is 14.8 Å². The summed E-state index contributed by atoms with van der Waals surface area (Å²) in [5, 5.41) is 3.77. The van der Waals surface area contributed by atoms with Crippen molar-refractivity contribution < 1.29 is 9.47 Å². The topological polar surface area (TPSA) is 30.5 Å². The molecule has 3 nitrogen and oxygen atoms in total. The Balaban J connectivity index is 1.41.